The van der Waals surface area contributed by atoms with Gasteiger partial charge in [0, 0.05) is 18.5 Å². The molecule has 4 nitrogen and oxygen atoms in total. The van der Waals surface area contributed by atoms with Gasteiger partial charge in [0.2, 0.25) is 0 Å². The highest BCUT2D eigenvalue weighted by Gasteiger charge is 2.49. The fraction of sp³-hybridized carbons (Fsp3) is 0.526. The number of amides is 1. The molecule has 0 aromatic heterocycles. The lowest BCUT2D eigenvalue weighted by molar-refractivity contribution is -0.0455. The zero-order valence-electron chi connectivity index (χ0n) is 13.5. The predicted molar refractivity (Wildman–Crippen MR) is 87.5 cm³/mol. The Balaban J connectivity index is 1.61. The van der Waals surface area contributed by atoms with Crippen LogP contribution in [0.25, 0.3) is 0 Å². The largest absolute Gasteiger partial charge is 0.445 e. The van der Waals surface area contributed by atoms with Crippen molar-refractivity contribution in [2.24, 2.45) is 0 Å². The van der Waals surface area contributed by atoms with Crippen LogP contribution in [-0.4, -0.2) is 33.8 Å². The highest BCUT2D eigenvalue weighted by Crippen LogP contribution is 2.42. The van der Waals surface area contributed by atoms with E-state index in [-0.39, 0.29) is 18.2 Å². The van der Waals surface area contributed by atoms with E-state index >= 15 is 0 Å². The molecule has 2 aliphatic heterocycles. The number of ether oxygens (including phenoxy) is 1. The third kappa shape index (κ3) is 3.51. The summed E-state index contributed by atoms with van der Waals surface area (Å²) in [5, 5.41) is 10.7. The fourth-order valence-corrected chi connectivity index (χ4v) is 3.81. The van der Waals surface area contributed by atoms with Gasteiger partial charge in [0.25, 0.3) is 0 Å². The average molecular weight is 313 g/mol. The van der Waals surface area contributed by atoms with Crippen LogP contribution in [0.5, 0.6) is 0 Å². The van der Waals surface area contributed by atoms with Crippen LogP contribution in [0.15, 0.2) is 30.3 Å². The minimum absolute atomic E-state index is 0.0701. The molecular weight excluding hydrogens is 290 g/mol. The summed E-state index contributed by atoms with van der Waals surface area (Å²) in [6.07, 6.45) is 3.30. The third-order valence-electron chi connectivity index (χ3n) is 4.86. The maximum absolute atomic E-state index is 12.5. The summed E-state index contributed by atoms with van der Waals surface area (Å²) in [5.74, 6) is 5.83. The third-order valence-corrected chi connectivity index (χ3v) is 4.86. The molecule has 2 aliphatic rings. The number of hydrogen-bond acceptors (Lipinski definition) is 3. The van der Waals surface area contributed by atoms with E-state index in [9.17, 15) is 9.90 Å². The number of rotatable bonds is 3. The van der Waals surface area contributed by atoms with E-state index in [1.807, 2.05) is 35.2 Å². The monoisotopic (exact) mass is 313 g/mol. The standard InChI is InChI=1S/C19H23NO3/c1-2-3-11-19(22)12-16-9-10-17(13-19)20(16)18(21)23-14-15-7-5-4-6-8-15/h4-8,16-17,22H,9-14H2,1H3. The average Bonchev–Trinajstić information content (AvgIpc) is 2.84. The summed E-state index contributed by atoms with van der Waals surface area (Å²) < 4.78 is 5.48. The zero-order valence-corrected chi connectivity index (χ0v) is 13.5. The van der Waals surface area contributed by atoms with Crippen LogP contribution < -0.4 is 0 Å². The molecule has 0 radical (unpaired) electrons. The Hall–Kier alpha value is -1.99. The van der Waals surface area contributed by atoms with Gasteiger partial charge in [-0.05, 0) is 38.2 Å². The van der Waals surface area contributed by atoms with Crippen molar-refractivity contribution in [1.29, 1.82) is 0 Å². The van der Waals surface area contributed by atoms with Crippen LogP contribution >= 0.6 is 0 Å². The van der Waals surface area contributed by atoms with E-state index in [0.717, 1.165) is 18.4 Å². The van der Waals surface area contributed by atoms with Crippen LogP contribution in [0.2, 0.25) is 0 Å². The molecule has 2 saturated heterocycles. The number of carbonyl (C=O) groups excluding carboxylic acids is 1. The summed E-state index contributed by atoms with van der Waals surface area (Å²) in [7, 11) is 0. The summed E-state index contributed by atoms with van der Waals surface area (Å²) in [6, 6.07) is 9.84. The van der Waals surface area contributed by atoms with Crippen molar-refractivity contribution in [2.75, 3.05) is 0 Å². The van der Waals surface area contributed by atoms with Gasteiger partial charge in [0.1, 0.15) is 6.61 Å². The SMILES string of the molecule is CC#CCC1(O)CC2CCC(C1)N2C(=O)OCc1ccccc1. The highest BCUT2D eigenvalue weighted by atomic mass is 16.6. The van der Waals surface area contributed by atoms with E-state index in [4.69, 9.17) is 4.74 Å². The van der Waals surface area contributed by atoms with Crippen LogP contribution in [0, 0.1) is 11.8 Å². The molecule has 0 spiro atoms. The number of piperidine rings is 1. The van der Waals surface area contributed by atoms with Crippen molar-refractivity contribution in [3.05, 3.63) is 35.9 Å². The molecule has 0 aliphatic carbocycles. The number of aliphatic hydroxyl groups is 1. The van der Waals surface area contributed by atoms with E-state index < -0.39 is 5.60 Å². The first-order valence-corrected chi connectivity index (χ1v) is 8.22. The van der Waals surface area contributed by atoms with Crippen molar-refractivity contribution >= 4 is 6.09 Å². The Kier molecular flexibility index (Phi) is 4.58. The first-order chi connectivity index (χ1) is 11.1. The van der Waals surface area contributed by atoms with Gasteiger partial charge in [-0.25, -0.2) is 4.79 Å². The quantitative estimate of drug-likeness (QED) is 0.872. The van der Waals surface area contributed by atoms with Gasteiger partial charge >= 0.3 is 6.09 Å². The lowest BCUT2D eigenvalue weighted by atomic mass is 9.84. The molecule has 0 saturated carbocycles. The number of hydrogen-bond donors (Lipinski definition) is 1. The summed E-state index contributed by atoms with van der Waals surface area (Å²) in [5.41, 5.74) is 0.227. The predicted octanol–water partition coefficient (Wildman–Crippen LogP) is 3.09. The Bertz CT molecular complexity index is 602. The molecule has 1 aromatic rings. The van der Waals surface area contributed by atoms with Gasteiger partial charge in [-0.15, -0.1) is 11.8 Å². The zero-order chi connectivity index (χ0) is 16.3. The molecular formula is C19H23NO3. The van der Waals surface area contributed by atoms with Gasteiger partial charge < -0.3 is 14.7 Å². The van der Waals surface area contributed by atoms with E-state index in [1.54, 1.807) is 6.92 Å². The number of carbonyl (C=O) groups is 1. The highest BCUT2D eigenvalue weighted by molar-refractivity contribution is 5.69. The summed E-state index contributed by atoms with van der Waals surface area (Å²) in [4.78, 5) is 14.3. The molecule has 1 aromatic carbocycles. The topological polar surface area (TPSA) is 49.8 Å². The van der Waals surface area contributed by atoms with E-state index in [2.05, 4.69) is 11.8 Å². The summed E-state index contributed by atoms with van der Waals surface area (Å²) >= 11 is 0. The first-order valence-electron chi connectivity index (χ1n) is 8.22. The Labute approximate surface area is 137 Å². The van der Waals surface area contributed by atoms with E-state index in [0.29, 0.717) is 25.9 Å². The van der Waals surface area contributed by atoms with Crippen molar-refractivity contribution in [2.45, 2.75) is 63.3 Å². The maximum atomic E-state index is 12.5. The van der Waals surface area contributed by atoms with Crippen molar-refractivity contribution < 1.29 is 14.6 Å². The molecule has 2 unspecified atom stereocenters. The summed E-state index contributed by atoms with van der Waals surface area (Å²) in [6.45, 7) is 2.08. The molecule has 1 N–H and O–H groups in total. The van der Waals surface area contributed by atoms with Gasteiger partial charge in [0.15, 0.2) is 0 Å². The van der Waals surface area contributed by atoms with Gasteiger partial charge in [-0.3, -0.25) is 0 Å². The van der Waals surface area contributed by atoms with Gasteiger partial charge in [-0.2, -0.15) is 0 Å². The lowest BCUT2D eigenvalue weighted by Crippen LogP contribution is -2.53. The number of nitrogens with zero attached hydrogens (tertiary/aromatic N) is 1. The lowest BCUT2D eigenvalue weighted by Gasteiger charge is -2.42. The minimum Gasteiger partial charge on any atom is -0.445 e. The van der Waals surface area contributed by atoms with Crippen LogP contribution in [0.4, 0.5) is 4.79 Å². The smallest absolute Gasteiger partial charge is 0.410 e. The number of benzene rings is 1. The van der Waals surface area contributed by atoms with Crippen molar-refractivity contribution in [1.82, 2.24) is 4.90 Å². The molecule has 2 heterocycles. The molecule has 3 rings (SSSR count). The maximum Gasteiger partial charge on any atom is 0.410 e. The van der Waals surface area contributed by atoms with Crippen LogP contribution in [-0.2, 0) is 11.3 Å². The normalized spacial score (nSPS) is 28.9. The Morgan fingerprint density at radius 2 is 1.96 bits per heavy atom. The second-order valence-corrected chi connectivity index (χ2v) is 6.57. The van der Waals surface area contributed by atoms with Crippen molar-refractivity contribution in [3.8, 4) is 11.8 Å². The van der Waals surface area contributed by atoms with Crippen LogP contribution in [0.1, 0.15) is 44.6 Å². The molecule has 23 heavy (non-hydrogen) atoms. The molecule has 4 heteroatoms. The molecule has 2 atom stereocenters. The van der Waals surface area contributed by atoms with Crippen molar-refractivity contribution in [3.63, 3.8) is 0 Å². The Morgan fingerprint density at radius 1 is 1.30 bits per heavy atom. The van der Waals surface area contributed by atoms with Gasteiger partial charge in [0.05, 0.1) is 5.60 Å². The van der Waals surface area contributed by atoms with E-state index in [1.165, 1.54) is 0 Å². The fourth-order valence-electron chi connectivity index (χ4n) is 3.81. The second kappa shape index (κ2) is 6.64. The van der Waals surface area contributed by atoms with Crippen LogP contribution in [0.3, 0.4) is 0 Å². The Morgan fingerprint density at radius 3 is 2.57 bits per heavy atom. The molecule has 122 valence electrons. The molecule has 2 fully saturated rings. The van der Waals surface area contributed by atoms with Gasteiger partial charge in [-0.1, -0.05) is 30.3 Å². The number of fused-ring (bicyclic) bond motifs is 2. The molecule has 2 bridgehead atoms. The molecule has 1 amide bonds. The first kappa shape index (κ1) is 15.9. The second-order valence-electron chi connectivity index (χ2n) is 6.57. The minimum atomic E-state index is -0.759.